The summed E-state index contributed by atoms with van der Waals surface area (Å²) in [6.45, 7) is 0. The van der Waals surface area contributed by atoms with E-state index >= 15 is 0 Å². The number of nitrogens with zero attached hydrogens (tertiary/aromatic N) is 2. The Labute approximate surface area is 110 Å². The summed E-state index contributed by atoms with van der Waals surface area (Å²) in [4.78, 5) is 4.05. The minimum Gasteiger partial charge on any atom is -0.481 e. The molecule has 96 valence electrons. The number of pyridine rings is 1. The monoisotopic (exact) mass is 257 g/mol. The van der Waals surface area contributed by atoms with Crippen LogP contribution in [0.2, 0.25) is 0 Å². The molecule has 4 nitrogen and oxygen atoms in total. The van der Waals surface area contributed by atoms with Gasteiger partial charge in [0.05, 0.1) is 13.2 Å². The number of methoxy groups -OCH3 is 1. The Hall–Kier alpha value is -2.61. The van der Waals surface area contributed by atoms with Crippen LogP contribution >= 0.6 is 0 Å². The minimum atomic E-state index is -0.552. The van der Waals surface area contributed by atoms with Crippen LogP contribution < -0.4 is 10.1 Å². The van der Waals surface area contributed by atoms with E-state index in [0.717, 1.165) is 0 Å². The maximum absolute atomic E-state index is 12.8. The van der Waals surface area contributed by atoms with Gasteiger partial charge in [-0.05, 0) is 30.3 Å². The van der Waals surface area contributed by atoms with Gasteiger partial charge in [0.1, 0.15) is 11.9 Å². The van der Waals surface area contributed by atoms with E-state index in [9.17, 15) is 9.65 Å². The average Bonchev–Trinajstić information content (AvgIpc) is 2.47. The fraction of sp³-hybridized carbons (Fsp3) is 0.143. The van der Waals surface area contributed by atoms with Gasteiger partial charge in [-0.1, -0.05) is 0 Å². The van der Waals surface area contributed by atoms with Crippen LogP contribution in [-0.4, -0.2) is 12.1 Å². The fourth-order valence-corrected chi connectivity index (χ4v) is 1.59. The Morgan fingerprint density at radius 1 is 1.26 bits per heavy atom. The molecule has 0 bridgehead atoms. The first kappa shape index (κ1) is 12.8. The zero-order valence-corrected chi connectivity index (χ0v) is 10.3. The van der Waals surface area contributed by atoms with Gasteiger partial charge in [-0.25, -0.2) is 9.37 Å². The molecular formula is C14H12FN3O. The molecule has 19 heavy (non-hydrogen) atoms. The van der Waals surface area contributed by atoms with E-state index in [1.54, 1.807) is 30.5 Å². The summed E-state index contributed by atoms with van der Waals surface area (Å²) < 4.78 is 17.8. The van der Waals surface area contributed by atoms with E-state index in [1.165, 1.54) is 19.2 Å². The normalized spacial score (nSPS) is 11.4. The zero-order chi connectivity index (χ0) is 13.7. The van der Waals surface area contributed by atoms with Crippen molar-refractivity contribution in [1.29, 1.82) is 5.26 Å². The van der Waals surface area contributed by atoms with Crippen LogP contribution in [0, 0.1) is 17.1 Å². The molecule has 1 heterocycles. The fourth-order valence-electron chi connectivity index (χ4n) is 1.59. The van der Waals surface area contributed by atoms with Gasteiger partial charge in [0.2, 0.25) is 5.88 Å². The van der Waals surface area contributed by atoms with Crippen LogP contribution in [0.5, 0.6) is 5.88 Å². The van der Waals surface area contributed by atoms with Crippen molar-refractivity contribution in [2.24, 2.45) is 0 Å². The van der Waals surface area contributed by atoms with Gasteiger partial charge in [-0.2, -0.15) is 5.26 Å². The molecule has 0 radical (unpaired) electrons. The lowest BCUT2D eigenvalue weighted by molar-refractivity contribution is 0.397. The highest BCUT2D eigenvalue weighted by atomic mass is 19.1. The molecule has 2 aromatic rings. The summed E-state index contributed by atoms with van der Waals surface area (Å²) in [5, 5.41) is 12.2. The first-order chi connectivity index (χ1) is 9.22. The SMILES string of the molecule is COc1ccc(C(C#N)Nc2ccc(F)cc2)cn1. The van der Waals surface area contributed by atoms with E-state index in [2.05, 4.69) is 16.4 Å². The predicted octanol–water partition coefficient (Wildman–Crippen LogP) is 2.91. The third kappa shape index (κ3) is 3.19. The summed E-state index contributed by atoms with van der Waals surface area (Å²) in [5.74, 6) is 0.174. The molecule has 1 N–H and O–H groups in total. The van der Waals surface area contributed by atoms with Gasteiger partial charge >= 0.3 is 0 Å². The Morgan fingerprint density at radius 3 is 2.53 bits per heavy atom. The highest BCUT2D eigenvalue weighted by Crippen LogP contribution is 2.20. The number of nitrogens with one attached hydrogen (secondary N) is 1. The number of rotatable bonds is 4. The lowest BCUT2D eigenvalue weighted by Crippen LogP contribution is -2.08. The van der Waals surface area contributed by atoms with Crippen LogP contribution in [0.4, 0.5) is 10.1 Å². The molecular weight excluding hydrogens is 245 g/mol. The van der Waals surface area contributed by atoms with Crippen LogP contribution in [0.3, 0.4) is 0 Å². The molecule has 0 fully saturated rings. The quantitative estimate of drug-likeness (QED) is 0.914. The third-order valence-corrected chi connectivity index (χ3v) is 2.59. The van der Waals surface area contributed by atoms with Gasteiger partial charge in [-0.3, -0.25) is 0 Å². The van der Waals surface area contributed by atoms with E-state index in [0.29, 0.717) is 17.1 Å². The van der Waals surface area contributed by atoms with Gasteiger partial charge in [0.15, 0.2) is 0 Å². The first-order valence-electron chi connectivity index (χ1n) is 5.64. The van der Waals surface area contributed by atoms with E-state index in [-0.39, 0.29) is 5.82 Å². The highest BCUT2D eigenvalue weighted by molar-refractivity contribution is 5.47. The smallest absolute Gasteiger partial charge is 0.212 e. The summed E-state index contributed by atoms with van der Waals surface area (Å²) >= 11 is 0. The molecule has 0 saturated heterocycles. The van der Waals surface area contributed by atoms with Crippen molar-refractivity contribution in [3.8, 4) is 11.9 Å². The maximum atomic E-state index is 12.8. The van der Waals surface area contributed by atoms with Gasteiger partial charge in [0, 0.05) is 23.5 Å². The van der Waals surface area contributed by atoms with Crippen molar-refractivity contribution in [1.82, 2.24) is 4.98 Å². The minimum absolute atomic E-state index is 0.315. The Balaban J connectivity index is 2.15. The summed E-state index contributed by atoms with van der Waals surface area (Å²) in [6, 6.07) is 10.9. The maximum Gasteiger partial charge on any atom is 0.212 e. The van der Waals surface area contributed by atoms with Crippen molar-refractivity contribution in [3.63, 3.8) is 0 Å². The second-order valence-electron chi connectivity index (χ2n) is 3.85. The van der Waals surface area contributed by atoms with Gasteiger partial charge in [0.25, 0.3) is 0 Å². The van der Waals surface area contributed by atoms with Crippen LogP contribution in [0.15, 0.2) is 42.6 Å². The third-order valence-electron chi connectivity index (χ3n) is 2.59. The van der Waals surface area contributed by atoms with Crippen molar-refractivity contribution < 1.29 is 9.13 Å². The van der Waals surface area contributed by atoms with E-state index < -0.39 is 6.04 Å². The predicted molar refractivity (Wildman–Crippen MR) is 69.2 cm³/mol. The number of anilines is 1. The van der Waals surface area contributed by atoms with Crippen LogP contribution in [0.25, 0.3) is 0 Å². The molecule has 1 unspecified atom stereocenters. The number of hydrogen-bond donors (Lipinski definition) is 1. The molecule has 1 aromatic heterocycles. The van der Waals surface area contributed by atoms with Crippen molar-refractivity contribution >= 4 is 5.69 Å². The first-order valence-corrected chi connectivity index (χ1v) is 5.64. The number of benzene rings is 1. The molecule has 0 aliphatic heterocycles. The summed E-state index contributed by atoms with van der Waals surface area (Å²) in [5.41, 5.74) is 1.39. The lowest BCUT2D eigenvalue weighted by atomic mass is 10.1. The molecule has 0 aliphatic rings. The summed E-state index contributed by atoms with van der Waals surface area (Å²) in [7, 11) is 1.53. The molecule has 0 amide bonds. The molecule has 5 heteroatoms. The van der Waals surface area contributed by atoms with Gasteiger partial charge in [-0.15, -0.1) is 0 Å². The largest absolute Gasteiger partial charge is 0.481 e. The standard InChI is InChI=1S/C14H12FN3O/c1-19-14-7-2-10(9-17-14)13(8-16)18-12-5-3-11(15)4-6-12/h2-7,9,13,18H,1H3. The molecule has 1 atom stereocenters. The highest BCUT2D eigenvalue weighted by Gasteiger charge is 2.10. The molecule has 1 aromatic carbocycles. The number of halogens is 1. The topological polar surface area (TPSA) is 57.9 Å². The number of aromatic nitrogens is 1. The summed E-state index contributed by atoms with van der Waals surface area (Å²) in [6.07, 6.45) is 1.57. The number of ether oxygens (including phenoxy) is 1. The molecule has 0 spiro atoms. The van der Waals surface area contributed by atoms with Crippen molar-refractivity contribution in [2.45, 2.75) is 6.04 Å². The molecule has 0 aliphatic carbocycles. The van der Waals surface area contributed by atoms with E-state index in [4.69, 9.17) is 4.74 Å². The lowest BCUT2D eigenvalue weighted by Gasteiger charge is -2.13. The zero-order valence-electron chi connectivity index (χ0n) is 10.3. The Bertz CT molecular complexity index is 575. The molecule has 2 rings (SSSR count). The van der Waals surface area contributed by atoms with Crippen molar-refractivity contribution in [3.05, 3.63) is 54.0 Å². The molecule has 0 saturated carbocycles. The van der Waals surface area contributed by atoms with Gasteiger partial charge < -0.3 is 10.1 Å². The second kappa shape index (κ2) is 5.83. The van der Waals surface area contributed by atoms with Crippen LogP contribution in [0.1, 0.15) is 11.6 Å². The van der Waals surface area contributed by atoms with E-state index in [1.807, 2.05) is 0 Å². The Kier molecular flexibility index (Phi) is 3.94. The van der Waals surface area contributed by atoms with Crippen LogP contribution in [-0.2, 0) is 0 Å². The number of hydrogen-bond acceptors (Lipinski definition) is 4. The average molecular weight is 257 g/mol. The number of nitriles is 1. The Morgan fingerprint density at radius 2 is 2.00 bits per heavy atom. The van der Waals surface area contributed by atoms with Crippen molar-refractivity contribution in [2.75, 3.05) is 12.4 Å². The second-order valence-corrected chi connectivity index (χ2v) is 3.85.